The molecule has 0 fully saturated rings. The minimum atomic E-state index is 0.600. The van der Waals surface area contributed by atoms with Gasteiger partial charge in [0.2, 0.25) is 5.88 Å². The van der Waals surface area contributed by atoms with E-state index in [9.17, 15) is 0 Å². The van der Waals surface area contributed by atoms with Crippen LogP contribution in [-0.4, -0.2) is 20.4 Å². The Balaban J connectivity index is 1.99. The Morgan fingerprint density at radius 3 is 2.46 bits per heavy atom. The number of imidazole rings is 1. The maximum absolute atomic E-state index is 6.13. The SMILES string of the molecule is CCCc1nc2c(Oc3ccccc3)nc(C)c(C)c2n1CCCCCCCl. The number of unbranched alkanes of at least 4 members (excludes halogenated alkanes) is 3. The summed E-state index contributed by atoms with van der Waals surface area (Å²) in [4.78, 5) is 9.69. The Hall–Kier alpha value is -2.07. The number of nitrogens with zero attached hydrogens (tertiary/aromatic N) is 3. The molecule has 0 aliphatic carbocycles. The van der Waals surface area contributed by atoms with Gasteiger partial charge in [-0.2, -0.15) is 0 Å². The molecule has 1 aromatic carbocycles. The molecule has 3 aromatic rings. The van der Waals surface area contributed by atoms with Crippen LogP contribution in [0.2, 0.25) is 0 Å². The molecular weight excluding hydrogens is 370 g/mol. The van der Waals surface area contributed by atoms with Gasteiger partial charge in [-0.05, 0) is 50.8 Å². The molecule has 0 unspecified atom stereocenters. The van der Waals surface area contributed by atoms with Crippen molar-refractivity contribution in [2.24, 2.45) is 0 Å². The van der Waals surface area contributed by atoms with Crippen LogP contribution in [0.5, 0.6) is 11.6 Å². The van der Waals surface area contributed by atoms with Crippen LogP contribution >= 0.6 is 11.6 Å². The average Bonchev–Trinajstić information content (AvgIpc) is 3.06. The van der Waals surface area contributed by atoms with Gasteiger partial charge in [-0.25, -0.2) is 9.97 Å². The molecule has 150 valence electrons. The Morgan fingerprint density at radius 1 is 1.00 bits per heavy atom. The number of para-hydroxylation sites is 1. The van der Waals surface area contributed by atoms with E-state index in [-0.39, 0.29) is 0 Å². The van der Waals surface area contributed by atoms with Gasteiger partial charge in [0.15, 0.2) is 5.52 Å². The highest BCUT2D eigenvalue weighted by molar-refractivity contribution is 6.17. The maximum atomic E-state index is 6.13. The first kappa shape index (κ1) is 20.7. The monoisotopic (exact) mass is 399 g/mol. The van der Waals surface area contributed by atoms with E-state index in [2.05, 4.69) is 18.4 Å². The first-order valence-electron chi connectivity index (χ1n) is 10.3. The summed E-state index contributed by atoms with van der Waals surface area (Å²) in [6, 6.07) is 9.81. The average molecular weight is 400 g/mol. The van der Waals surface area contributed by atoms with Crippen molar-refractivity contribution in [3.63, 3.8) is 0 Å². The minimum absolute atomic E-state index is 0.600. The third kappa shape index (κ3) is 4.67. The van der Waals surface area contributed by atoms with E-state index in [1.807, 2.05) is 37.3 Å². The van der Waals surface area contributed by atoms with E-state index in [0.717, 1.165) is 60.9 Å². The van der Waals surface area contributed by atoms with E-state index in [1.54, 1.807) is 0 Å². The number of benzene rings is 1. The molecule has 0 bridgehead atoms. The Kier molecular flexibility index (Phi) is 7.32. The Morgan fingerprint density at radius 2 is 1.75 bits per heavy atom. The number of aryl methyl sites for hydroxylation is 4. The number of pyridine rings is 1. The number of halogens is 1. The quantitative estimate of drug-likeness (QED) is 0.285. The van der Waals surface area contributed by atoms with Crippen molar-refractivity contribution in [1.29, 1.82) is 0 Å². The van der Waals surface area contributed by atoms with Crippen LogP contribution in [0.25, 0.3) is 11.0 Å². The predicted octanol–water partition coefficient (Wildman–Crippen LogP) is 6.59. The summed E-state index contributed by atoms with van der Waals surface area (Å²) >= 11 is 5.81. The van der Waals surface area contributed by atoms with Crippen molar-refractivity contribution in [1.82, 2.24) is 14.5 Å². The van der Waals surface area contributed by atoms with Gasteiger partial charge in [0.05, 0.1) is 5.52 Å². The third-order valence-electron chi connectivity index (χ3n) is 5.11. The maximum Gasteiger partial charge on any atom is 0.247 e. The van der Waals surface area contributed by atoms with Crippen LogP contribution in [0.1, 0.15) is 56.1 Å². The molecule has 0 atom stereocenters. The number of hydrogen-bond acceptors (Lipinski definition) is 3. The fraction of sp³-hybridized carbons (Fsp3) is 0.478. The van der Waals surface area contributed by atoms with Gasteiger partial charge < -0.3 is 9.30 Å². The minimum Gasteiger partial charge on any atom is -0.437 e. The van der Waals surface area contributed by atoms with Gasteiger partial charge in [0.25, 0.3) is 0 Å². The molecule has 0 amide bonds. The molecule has 0 saturated heterocycles. The van der Waals surface area contributed by atoms with Crippen molar-refractivity contribution in [3.8, 4) is 11.6 Å². The van der Waals surface area contributed by atoms with Crippen molar-refractivity contribution in [3.05, 3.63) is 47.4 Å². The summed E-state index contributed by atoms with van der Waals surface area (Å²) in [7, 11) is 0. The van der Waals surface area contributed by atoms with Crippen LogP contribution in [-0.2, 0) is 13.0 Å². The summed E-state index contributed by atoms with van der Waals surface area (Å²) in [6.07, 6.45) is 6.62. The van der Waals surface area contributed by atoms with E-state index in [4.69, 9.17) is 26.3 Å². The van der Waals surface area contributed by atoms with E-state index < -0.39 is 0 Å². The second kappa shape index (κ2) is 9.92. The number of hydrogen-bond donors (Lipinski definition) is 0. The summed E-state index contributed by atoms with van der Waals surface area (Å²) in [5.41, 5.74) is 4.21. The van der Waals surface area contributed by atoms with Crippen LogP contribution in [0.15, 0.2) is 30.3 Å². The van der Waals surface area contributed by atoms with Gasteiger partial charge in [0.1, 0.15) is 11.6 Å². The molecule has 2 heterocycles. The molecule has 5 heteroatoms. The van der Waals surface area contributed by atoms with Crippen molar-refractivity contribution < 1.29 is 4.74 Å². The highest BCUT2D eigenvalue weighted by Crippen LogP contribution is 2.32. The zero-order valence-electron chi connectivity index (χ0n) is 17.2. The van der Waals surface area contributed by atoms with Crippen LogP contribution in [0.4, 0.5) is 0 Å². The van der Waals surface area contributed by atoms with Crippen molar-refractivity contribution in [2.75, 3.05) is 5.88 Å². The van der Waals surface area contributed by atoms with Crippen molar-refractivity contribution in [2.45, 2.75) is 65.8 Å². The molecule has 0 saturated carbocycles. The highest BCUT2D eigenvalue weighted by Gasteiger charge is 2.19. The lowest BCUT2D eigenvalue weighted by Crippen LogP contribution is -2.06. The van der Waals surface area contributed by atoms with Gasteiger partial charge >= 0.3 is 0 Å². The number of alkyl halides is 1. The van der Waals surface area contributed by atoms with Crippen molar-refractivity contribution >= 4 is 22.6 Å². The highest BCUT2D eigenvalue weighted by atomic mass is 35.5. The van der Waals surface area contributed by atoms with Gasteiger partial charge in [-0.15, -0.1) is 11.6 Å². The normalized spacial score (nSPS) is 11.3. The first-order valence-corrected chi connectivity index (χ1v) is 10.8. The molecule has 28 heavy (non-hydrogen) atoms. The molecule has 4 nitrogen and oxygen atoms in total. The Bertz CT molecular complexity index is 905. The number of aromatic nitrogens is 3. The van der Waals surface area contributed by atoms with Crippen LogP contribution < -0.4 is 4.74 Å². The summed E-state index contributed by atoms with van der Waals surface area (Å²) < 4.78 is 8.52. The van der Waals surface area contributed by atoms with E-state index >= 15 is 0 Å². The molecule has 0 radical (unpaired) electrons. The molecule has 0 N–H and O–H groups in total. The number of fused-ring (bicyclic) bond motifs is 1. The third-order valence-corrected chi connectivity index (χ3v) is 5.38. The second-order valence-corrected chi connectivity index (χ2v) is 7.65. The molecular formula is C23H30ClN3O. The van der Waals surface area contributed by atoms with E-state index in [0.29, 0.717) is 5.88 Å². The largest absolute Gasteiger partial charge is 0.437 e. The van der Waals surface area contributed by atoms with Gasteiger partial charge in [-0.1, -0.05) is 38.0 Å². The molecule has 2 aromatic heterocycles. The lowest BCUT2D eigenvalue weighted by Gasteiger charge is -2.12. The predicted molar refractivity (Wildman–Crippen MR) is 117 cm³/mol. The van der Waals surface area contributed by atoms with Crippen LogP contribution in [0.3, 0.4) is 0 Å². The summed E-state index contributed by atoms with van der Waals surface area (Å²) in [5.74, 6) is 3.26. The van der Waals surface area contributed by atoms with Crippen LogP contribution in [0, 0.1) is 13.8 Å². The first-order chi connectivity index (χ1) is 13.7. The number of rotatable bonds is 10. The molecule has 0 spiro atoms. The van der Waals surface area contributed by atoms with Gasteiger partial charge in [-0.3, -0.25) is 0 Å². The fourth-order valence-electron chi connectivity index (χ4n) is 3.53. The lowest BCUT2D eigenvalue weighted by atomic mass is 10.1. The zero-order chi connectivity index (χ0) is 19.9. The number of ether oxygens (including phenoxy) is 1. The topological polar surface area (TPSA) is 39.9 Å². The Labute approximate surface area is 172 Å². The lowest BCUT2D eigenvalue weighted by molar-refractivity contribution is 0.466. The summed E-state index contributed by atoms with van der Waals surface area (Å²) in [6.45, 7) is 7.35. The summed E-state index contributed by atoms with van der Waals surface area (Å²) in [5, 5.41) is 0. The molecule has 3 rings (SSSR count). The molecule has 0 aliphatic heterocycles. The molecule has 0 aliphatic rings. The smallest absolute Gasteiger partial charge is 0.247 e. The fourth-order valence-corrected chi connectivity index (χ4v) is 3.72. The zero-order valence-corrected chi connectivity index (χ0v) is 17.9. The standard InChI is InChI=1S/C23H30ClN3O/c1-4-12-20-26-21-22(27(20)16-11-6-5-10-15-24)17(2)18(3)25-23(21)28-19-13-8-7-9-14-19/h7-9,13-14H,4-6,10-12,15-16H2,1-3H3. The second-order valence-electron chi connectivity index (χ2n) is 7.27. The van der Waals surface area contributed by atoms with Gasteiger partial charge in [0, 0.05) is 24.5 Å². The van der Waals surface area contributed by atoms with E-state index in [1.165, 1.54) is 23.9 Å².